The lowest BCUT2D eigenvalue weighted by Crippen LogP contribution is -2.30. The zero-order valence-corrected chi connectivity index (χ0v) is 6.45. The molecule has 0 atom stereocenters. The van der Waals surface area contributed by atoms with Gasteiger partial charge in [-0.25, -0.2) is 0 Å². The minimum absolute atomic E-state index is 0.120. The highest BCUT2D eigenvalue weighted by Gasteiger charge is 2.36. The van der Waals surface area contributed by atoms with E-state index < -0.39 is 10.1 Å². The van der Waals surface area contributed by atoms with Crippen molar-refractivity contribution in [3.63, 3.8) is 0 Å². The fourth-order valence-electron chi connectivity index (χ4n) is 0.655. The summed E-state index contributed by atoms with van der Waals surface area (Å²) in [5.74, 6) is -0.639. The molecule has 1 rings (SSSR count). The van der Waals surface area contributed by atoms with Crippen molar-refractivity contribution in [3.05, 3.63) is 12.2 Å². The van der Waals surface area contributed by atoms with Crippen LogP contribution >= 0.6 is 23.2 Å². The molecule has 0 aromatic heterocycles. The molecule has 10 heavy (non-hydrogen) atoms. The Bertz CT molecular complexity index is 218. The third-order valence-corrected chi connectivity index (χ3v) is 1.82. The molecule has 0 aromatic carbocycles. The second kappa shape index (κ2) is 2.36. The van der Waals surface area contributed by atoms with Crippen LogP contribution < -0.4 is 0 Å². The SMILES string of the molecule is O=C1C=CC(=O)C(Cl)(Cl)C1. The molecule has 1 aliphatic rings. The van der Waals surface area contributed by atoms with Gasteiger partial charge in [-0.2, -0.15) is 0 Å². The van der Waals surface area contributed by atoms with Crippen LogP contribution in [0.4, 0.5) is 0 Å². The number of rotatable bonds is 0. The largest absolute Gasteiger partial charge is 0.295 e. The second-order valence-electron chi connectivity index (χ2n) is 2.05. The van der Waals surface area contributed by atoms with Crippen molar-refractivity contribution in [2.45, 2.75) is 10.8 Å². The molecule has 0 spiro atoms. The molecule has 0 unspecified atom stereocenters. The normalized spacial score (nSPS) is 23.4. The Morgan fingerprint density at radius 1 is 1.30 bits per heavy atom. The first-order valence-electron chi connectivity index (χ1n) is 2.65. The van der Waals surface area contributed by atoms with Gasteiger partial charge in [-0.3, -0.25) is 9.59 Å². The maximum absolute atomic E-state index is 10.8. The molecule has 0 heterocycles. The van der Waals surface area contributed by atoms with Crippen molar-refractivity contribution in [2.75, 3.05) is 0 Å². The van der Waals surface area contributed by atoms with Crippen LogP contribution in [0.2, 0.25) is 0 Å². The summed E-state index contributed by atoms with van der Waals surface area (Å²) in [6, 6.07) is 0. The first-order valence-corrected chi connectivity index (χ1v) is 3.41. The van der Waals surface area contributed by atoms with Gasteiger partial charge in [0.25, 0.3) is 0 Å². The number of alkyl halides is 2. The lowest BCUT2D eigenvalue weighted by atomic mass is 10.0. The molecule has 1 aliphatic carbocycles. The number of carbonyl (C=O) groups excluding carboxylic acids is 2. The molecule has 0 aromatic rings. The summed E-state index contributed by atoms with van der Waals surface area (Å²) in [4.78, 5) is 21.4. The monoisotopic (exact) mass is 178 g/mol. The van der Waals surface area contributed by atoms with Gasteiger partial charge >= 0.3 is 0 Å². The van der Waals surface area contributed by atoms with Crippen molar-refractivity contribution in [1.29, 1.82) is 0 Å². The maximum Gasteiger partial charge on any atom is 0.192 e. The van der Waals surface area contributed by atoms with E-state index in [1.807, 2.05) is 0 Å². The van der Waals surface area contributed by atoms with E-state index >= 15 is 0 Å². The van der Waals surface area contributed by atoms with E-state index in [0.29, 0.717) is 0 Å². The number of halogens is 2. The molecule has 0 saturated heterocycles. The van der Waals surface area contributed by atoms with Gasteiger partial charge in [0.15, 0.2) is 15.9 Å². The van der Waals surface area contributed by atoms with Crippen LogP contribution in [-0.2, 0) is 9.59 Å². The molecule has 0 aliphatic heterocycles. The van der Waals surface area contributed by atoms with Crippen LogP contribution in [0, 0.1) is 0 Å². The Labute approximate surface area is 67.8 Å². The molecule has 0 saturated carbocycles. The van der Waals surface area contributed by atoms with Crippen LogP contribution in [0.25, 0.3) is 0 Å². The van der Waals surface area contributed by atoms with E-state index in [1.165, 1.54) is 6.08 Å². The summed E-state index contributed by atoms with van der Waals surface area (Å²) in [7, 11) is 0. The molecule has 4 heteroatoms. The summed E-state index contributed by atoms with van der Waals surface area (Å²) in [6.45, 7) is 0. The lowest BCUT2D eigenvalue weighted by molar-refractivity contribution is -0.121. The second-order valence-corrected chi connectivity index (χ2v) is 3.53. The van der Waals surface area contributed by atoms with E-state index in [4.69, 9.17) is 23.2 Å². The van der Waals surface area contributed by atoms with Gasteiger partial charge in [0, 0.05) is 0 Å². The maximum atomic E-state index is 10.8. The Kier molecular flexibility index (Phi) is 1.84. The molecular weight excluding hydrogens is 175 g/mol. The topological polar surface area (TPSA) is 34.1 Å². The number of ketones is 2. The van der Waals surface area contributed by atoms with Gasteiger partial charge in [0.05, 0.1) is 6.42 Å². The summed E-state index contributed by atoms with van der Waals surface area (Å²) in [6.07, 6.45) is 2.17. The van der Waals surface area contributed by atoms with Gasteiger partial charge in [0.1, 0.15) is 0 Å². The zero-order chi connectivity index (χ0) is 7.78. The third kappa shape index (κ3) is 1.39. The van der Waals surface area contributed by atoms with E-state index in [0.717, 1.165) is 6.08 Å². The fourth-order valence-corrected chi connectivity index (χ4v) is 1.04. The predicted molar refractivity (Wildman–Crippen MR) is 38.2 cm³/mol. The predicted octanol–water partition coefficient (Wildman–Crippen LogP) is 1.26. The zero-order valence-electron chi connectivity index (χ0n) is 4.93. The first-order chi connectivity index (χ1) is 4.52. The van der Waals surface area contributed by atoms with E-state index in [2.05, 4.69) is 0 Å². The molecule has 2 nitrogen and oxygen atoms in total. The van der Waals surface area contributed by atoms with E-state index in [1.54, 1.807) is 0 Å². The number of carbonyl (C=O) groups is 2. The molecule has 54 valence electrons. The summed E-state index contributed by atoms with van der Waals surface area (Å²) >= 11 is 10.9. The molecule has 0 radical (unpaired) electrons. The van der Waals surface area contributed by atoms with Crippen LogP contribution in [0.5, 0.6) is 0 Å². The van der Waals surface area contributed by atoms with E-state index in [-0.39, 0.29) is 12.2 Å². The average molecular weight is 179 g/mol. The number of allylic oxidation sites excluding steroid dienone is 2. The Morgan fingerprint density at radius 3 is 2.30 bits per heavy atom. The van der Waals surface area contributed by atoms with Crippen LogP contribution in [0.3, 0.4) is 0 Å². The Hall–Kier alpha value is -0.340. The highest BCUT2D eigenvalue weighted by Crippen LogP contribution is 2.29. The highest BCUT2D eigenvalue weighted by atomic mass is 35.5. The Morgan fingerprint density at radius 2 is 1.90 bits per heavy atom. The van der Waals surface area contributed by atoms with Crippen LogP contribution in [0.1, 0.15) is 6.42 Å². The number of hydrogen-bond acceptors (Lipinski definition) is 2. The molecular formula is C6H4Cl2O2. The molecule has 0 fully saturated rings. The molecule has 0 amide bonds. The summed E-state index contributed by atoms with van der Waals surface area (Å²) < 4.78 is -1.52. The quantitative estimate of drug-likeness (QED) is 0.524. The van der Waals surface area contributed by atoms with Gasteiger partial charge in [-0.1, -0.05) is 23.2 Å². The average Bonchev–Trinajstić information content (AvgIpc) is 1.78. The smallest absolute Gasteiger partial charge is 0.192 e. The van der Waals surface area contributed by atoms with Crippen molar-refractivity contribution in [2.24, 2.45) is 0 Å². The third-order valence-electron chi connectivity index (χ3n) is 1.18. The van der Waals surface area contributed by atoms with Crippen molar-refractivity contribution < 1.29 is 9.59 Å². The van der Waals surface area contributed by atoms with Crippen molar-refractivity contribution in [1.82, 2.24) is 0 Å². The van der Waals surface area contributed by atoms with Crippen LogP contribution in [0.15, 0.2) is 12.2 Å². The first kappa shape index (κ1) is 7.76. The molecule has 0 bridgehead atoms. The lowest BCUT2D eigenvalue weighted by Gasteiger charge is -2.16. The molecule has 0 N–H and O–H groups in total. The fraction of sp³-hybridized carbons (Fsp3) is 0.333. The van der Waals surface area contributed by atoms with Gasteiger partial charge in [-0.05, 0) is 12.2 Å². The van der Waals surface area contributed by atoms with E-state index in [9.17, 15) is 9.59 Å². The van der Waals surface area contributed by atoms with Gasteiger partial charge in [0.2, 0.25) is 0 Å². The summed E-state index contributed by atoms with van der Waals surface area (Å²) in [5, 5.41) is 0. The van der Waals surface area contributed by atoms with Crippen molar-refractivity contribution >= 4 is 34.8 Å². The Balaban J connectivity index is 2.93. The minimum Gasteiger partial charge on any atom is -0.295 e. The van der Waals surface area contributed by atoms with Crippen molar-refractivity contribution in [3.8, 4) is 0 Å². The van der Waals surface area contributed by atoms with Gasteiger partial charge < -0.3 is 0 Å². The summed E-state index contributed by atoms with van der Waals surface area (Å²) in [5.41, 5.74) is 0. The standard InChI is InChI=1S/C6H4Cl2O2/c7-6(8)3-4(9)1-2-5(6)10/h1-2H,3H2. The van der Waals surface area contributed by atoms with Gasteiger partial charge in [-0.15, -0.1) is 0 Å². The highest BCUT2D eigenvalue weighted by molar-refractivity contribution is 6.60. The number of hydrogen-bond donors (Lipinski definition) is 0. The minimum atomic E-state index is -1.52. The van der Waals surface area contributed by atoms with Crippen LogP contribution in [-0.4, -0.2) is 15.9 Å².